The van der Waals surface area contributed by atoms with Crippen molar-refractivity contribution in [2.24, 2.45) is 17.8 Å². The van der Waals surface area contributed by atoms with E-state index in [0.717, 1.165) is 19.3 Å². The van der Waals surface area contributed by atoms with E-state index in [-0.39, 0.29) is 23.3 Å². The van der Waals surface area contributed by atoms with E-state index in [0.29, 0.717) is 6.42 Å². The largest absolute Gasteiger partial charge is 0.481 e. The van der Waals surface area contributed by atoms with Gasteiger partial charge in [0.05, 0.1) is 17.4 Å². The quantitative estimate of drug-likeness (QED) is 0.785. The summed E-state index contributed by atoms with van der Waals surface area (Å²) in [5, 5.41) is 9.14. The van der Waals surface area contributed by atoms with E-state index in [4.69, 9.17) is 5.11 Å². The third kappa shape index (κ3) is 2.17. The fraction of sp³-hybridized carbons (Fsp3) is 0.900. The van der Waals surface area contributed by atoms with Crippen molar-refractivity contribution in [3.63, 3.8) is 0 Å². The van der Waals surface area contributed by atoms with E-state index in [1.807, 2.05) is 0 Å². The van der Waals surface area contributed by atoms with Crippen LogP contribution in [0.3, 0.4) is 0 Å². The SMILES string of the molecule is O=C(O)C(C1CCC1)C1CCS(=O)(=O)C1. The van der Waals surface area contributed by atoms with Gasteiger partial charge in [0.1, 0.15) is 0 Å². The zero-order chi connectivity index (χ0) is 11.1. The predicted molar refractivity (Wildman–Crippen MR) is 55.2 cm³/mol. The number of sulfone groups is 1. The third-order valence-electron chi connectivity index (χ3n) is 3.72. The Morgan fingerprint density at radius 2 is 1.87 bits per heavy atom. The molecule has 1 N–H and O–H groups in total. The van der Waals surface area contributed by atoms with Crippen LogP contribution in [0.1, 0.15) is 25.7 Å². The molecule has 2 fully saturated rings. The first-order chi connectivity index (χ1) is 6.99. The van der Waals surface area contributed by atoms with Crippen LogP contribution in [0.2, 0.25) is 0 Å². The highest BCUT2D eigenvalue weighted by Crippen LogP contribution is 2.40. The molecule has 1 heterocycles. The van der Waals surface area contributed by atoms with Crippen LogP contribution in [0.15, 0.2) is 0 Å². The summed E-state index contributed by atoms with van der Waals surface area (Å²) >= 11 is 0. The highest BCUT2D eigenvalue weighted by molar-refractivity contribution is 7.91. The molecule has 1 aliphatic carbocycles. The van der Waals surface area contributed by atoms with Crippen molar-refractivity contribution in [1.82, 2.24) is 0 Å². The molecular formula is C10H16O4S. The van der Waals surface area contributed by atoms with E-state index in [1.165, 1.54) is 0 Å². The maximum atomic E-state index is 11.3. The summed E-state index contributed by atoms with van der Waals surface area (Å²) in [4.78, 5) is 11.1. The molecule has 1 aliphatic heterocycles. The van der Waals surface area contributed by atoms with Gasteiger partial charge in [-0.25, -0.2) is 8.42 Å². The van der Waals surface area contributed by atoms with Crippen molar-refractivity contribution < 1.29 is 18.3 Å². The summed E-state index contributed by atoms with van der Waals surface area (Å²) in [5.41, 5.74) is 0. The van der Waals surface area contributed by atoms with Gasteiger partial charge in [0, 0.05) is 0 Å². The van der Waals surface area contributed by atoms with Crippen LogP contribution in [0.5, 0.6) is 0 Å². The second-order valence-electron chi connectivity index (χ2n) is 4.72. The smallest absolute Gasteiger partial charge is 0.307 e. The molecule has 5 heteroatoms. The molecule has 1 saturated carbocycles. The summed E-state index contributed by atoms with van der Waals surface area (Å²) in [5.74, 6) is -0.884. The fourth-order valence-electron chi connectivity index (χ4n) is 2.69. The van der Waals surface area contributed by atoms with E-state index in [1.54, 1.807) is 0 Å². The average Bonchev–Trinajstić information content (AvgIpc) is 2.37. The predicted octanol–water partition coefficient (Wildman–Crippen LogP) is 0.922. The molecule has 4 nitrogen and oxygen atoms in total. The summed E-state index contributed by atoms with van der Waals surface area (Å²) < 4.78 is 22.6. The number of rotatable bonds is 3. The Morgan fingerprint density at radius 1 is 1.20 bits per heavy atom. The lowest BCUT2D eigenvalue weighted by atomic mass is 9.70. The monoisotopic (exact) mass is 232 g/mol. The van der Waals surface area contributed by atoms with Crippen LogP contribution in [0.4, 0.5) is 0 Å². The number of aliphatic carboxylic acids is 1. The molecule has 2 atom stereocenters. The number of hydrogen-bond acceptors (Lipinski definition) is 3. The molecule has 1 saturated heterocycles. The summed E-state index contributed by atoms with van der Waals surface area (Å²) in [7, 11) is -2.95. The molecule has 2 aliphatic rings. The minimum atomic E-state index is -2.95. The molecule has 0 radical (unpaired) electrons. The average molecular weight is 232 g/mol. The molecule has 2 rings (SSSR count). The number of carboxylic acids is 1. The van der Waals surface area contributed by atoms with Crippen molar-refractivity contribution in [2.45, 2.75) is 25.7 Å². The highest BCUT2D eigenvalue weighted by atomic mass is 32.2. The Labute approximate surface area is 89.6 Å². The van der Waals surface area contributed by atoms with Gasteiger partial charge in [-0.2, -0.15) is 0 Å². The second-order valence-corrected chi connectivity index (χ2v) is 6.95. The van der Waals surface area contributed by atoms with Gasteiger partial charge >= 0.3 is 5.97 Å². The first kappa shape index (κ1) is 10.9. The first-order valence-electron chi connectivity index (χ1n) is 5.43. The number of carboxylic acid groups (broad SMARTS) is 1. The zero-order valence-electron chi connectivity index (χ0n) is 8.55. The molecule has 0 spiro atoms. The van der Waals surface area contributed by atoms with Gasteiger partial charge in [-0.15, -0.1) is 0 Å². The Morgan fingerprint density at radius 3 is 2.20 bits per heavy atom. The van der Waals surface area contributed by atoms with Crippen molar-refractivity contribution in [1.29, 1.82) is 0 Å². The van der Waals surface area contributed by atoms with Crippen molar-refractivity contribution in [2.75, 3.05) is 11.5 Å². The van der Waals surface area contributed by atoms with Gasteiger partial charge < -0.3 is 5.11 Å². The minimum absolute atomic E-state index is 0.0838. The Bertz CT molecular complexity index is 356. The van der Waals surface area contributed by atoms with Crippen molar-refractivity contribution in [3.8, 4) is 0 Å². The van der Waals surface area contributed by atoms with Crippen LogP contribution in [-0.4, -0.2) is 31.0 Å². The normalized spacial score (nSPS) is 32.1. The first-order valence-corrected chi connectivity index (χ1v) is 7.25. The molecule has 2 unspecified atom stereocenters. The van der Waals surface area contributed by atoms with E-state index < -0.39 is 21.7 Å². The third-order valence-corrected chi connectivity index (χ3v) is 5.51. The van der Waals surface area contributed by atoms with Crippen LogP contribution >= 0.6 is 0 Å². The van der Waals surface area contributed by atoms with Gasteiger partial charge in [0.25, 0.3) is 0 Å². The summed E-state index contributed by atoms with van der Waals surface area (Å²) in [6, 6.07) is 0. The minimum Gasteiger partial charge on any atom is -0.481 e. The second kappa shape index (κ2) is 3.77. The molecular weight excluding hydrogens is 216 g/mol. The Balaban J connectivity index is 2.09. The topological polar surface area (TPSA) is 71.4 Å². The van der Waals surface area contributed by atoms with Gasteiger partial charge in [0.2, 0.25) is 0 Å². The van der Waals surface area contributed by atoms with Gasteiger partial charge in [-0.05, 0) is 31.1 Å². The van der Waals surface area contributed by atoms with Crippen LogP contribution in [0, 0.1) is 17.8 Å². The molecule has 0 amide bonds. The van der Waals surface area contributed by atoms with Crippen LogP contribution < -0.4 is 0 Å². The highest BCUT2D eigenvalue weighted by Gasteiger charge is 2.43. The number of carbonyl (C=O) groups is 1. The molecule has 0 aromatic heterocycles. The standard InChI is InChI=1S/C10H16O4S/c11-10(12)9(7-2-1-3-7)8-4-5-15(13,14)6-8/h7-9H,1-6H2,(H,11,12). The lowest BCUT2D eigenvalue weighted by Crippen LogP contribution is -2.35. The van der Waals surface area contributed by atoms with E-state index in [2.05, 4.69) is 0 Å². The molecule has 0 aromatic rings. The van der Waals surface area contributed by atoms with E-state index >= 15 is 0 Å². The molecule has 86 valence electrons. The fourth-order valence-corrected chi connectivity index (χ4v) is 4.55. The Hall–Kier alpha value is -0.580. The van der Waals surface area contributed by atoms with Crippen LogP contribution in [-0.2, 0) is 14.6 Å². The Kier molecular flexibility index (Phi) is 2.75. The van der Waals surface area contributed by atoms with Crippen molar-refractivity contribution in [3.05, 3.63) is 0 Å². The van der Waals surface area contributed by atoms with Gasteiger partial charge in [-0.3, -0.25) is 4.79 Å². The lowest BCUT2D eigenvalue weighted by Gasteiger charge is -2.34. The van der Waals surface area contributed by atoms with E-state index in [9.17, 15) is 13.2 Å². The summed E-state index contributed by atoms with van der Waals surface area (Å²) in [6.07, 6.45) is 3.53. The van der Waals surface area contributed by atoms with Gasteiger partial charge in [0.15, 0.2) is 9.84 Å². The lowest BCUT2D eigenvalue weighted by molar-refractivity contribution is -0.147. The number of hydrogen-bond donors (Lipinski definition) is 1. The molecule has 0 aromatic carbocycles. The summed E-state index contributed by atoms with van der Waals surface area (Å²) in [6.45, 7) is 0. The maximum Gasteiger partial charge on any atom is 0.307 e. The van der Waals surface area contributed by atoms with Crippen molar-refractivity contribution >= 4 is 15.8 Å². The maximum absolute atomic E-state index is 11.3. The molecule has 15 heavy (non-hydrogen) atoms. The zero-order valence-corrected chi connectivity index (χ0v) is 9.37. The van der Waals surface area contributed by atoms with Crippen LogP contribution in [0.25, 0.3) is 0 Å². The van der Waals surface area contributed by atoms with Gasteiger partial charge in [-0.1, -0.05) is 6.42 Å². The molecule has 0 bridgehead atoms.